The van der Waals surface area contributed by atoms with Crippen LogP contribution < -0.4 is 10.1 Å². The van der Waals surface area contributed by atoms with Gasteiger partial charge in [-0.1, -0.05) is 0 Å². The fraction of sp³-hybridized carbons (Fsp3) is 0.0833. The second-order valence-corrected chi connectivity index (χ2v) is 3.22. The molecular formula is C12H11FN2O. The maximum Gasteiger partial charge on any atom is 0.213 e. The van der Waals surface area contributed by atoms with Crippen LogP contribution in [0.4, 0.5) is 15.8 Å². The lowest BCUT2D eigenvalue weighted by Gasteiger charge is -2.06. The van der Waals surface area contributed by atoms with Crippen LogP contribution in [0.5, 0.6) is 5.88 Å². The van der Waals surface area contributed by atoms with E-state index in [0.717, 1.165) is 11.4 Å². The summed E-state index contributed by atoms with van der Waals surface area (Å²) < 4.78 is 17.6. The summed E-state index contributed by atoms with van der Waals surface area (Å²) in [5, 5.41) is 3.10. The molecule has 0 spiro atoms. The number of nitrogens with one attached hydrogen (secondary N) is 1. The lowest BCUT2D eigenvalue weighted by atomic mass is 10.3. The number of hydrogen-bond acceptors (Lipinski definition) is 3. The van der Waals surface area contributed by atoms with Crippen molar-refractivity contribution in [2.45, 2.75) is 0 Å². The number of pyridine rings is 1. The van der Waals surface area contributed by atoms with E-state index >= 15 is 0 Å². The SMILES string of the molecule is COc1ccc(Nc2ccc(F)cc2)cn1. The van der Waals surface area contributed by atoms with E-state index in [4.69, 9.17) is 4.74 Å². The summed E-state index contributed by atoms with van der Waals surface area (Å²) in [6, 6.07) is 9.73. The van der Waals surface area contributed by atoms with Gasteiger partial charge in [0.25, 0.3) is 0 Å². The monoisotopic (exact) mass is 218 g/mol. The van der Waals surface area contributed by atoms with Crippen LogP contribution in [0.1, 0.15) is 0 Å². The Morgan fingerprint density at radius 3 is 2.31 bits per heavy atom. The normalized spacial score (nSPS) is 9.88. The third-order valence-corrected chi connectivity index (χ3v) is 2.08. The van der Waals surface area contributed by atoms with E-state index in [1.54, 1.807) is 31.5 Å². The van der Waals surface area contributed by atoms with E-state index in [9.17, 15) is 4.39 Å². The molecule has 1 heterocycles. The van der Waals surface area contributed by atoms with Crippen LogP contribution in [-0.2, 0) is 0 Å². The van der Waals surface area contributed by atoms with Crippen molar-refractivity contribution in [3.05, 3.63) is 48.4 Å². The molecule has 2 aromatic rings. The molecular weight excluding hydrogens is 207 g/mol. The van der Waals surface area contributed by atoms with Gasteiger partial charge in [-0.05, 0) is 30.3 Å². The van der Waals surface area contributed by atoms with Crippen molar-refractivity contribution in [1.82, 2.24) is 4.98 Å². The van der Waals surface area contributed by atoms with Crippen molar-refractivity contribution < 1.29 is 9.13 Å². The van der Waals surface area contributed by atoms with Crippen molar-refractivity contribution >= 4 is 11.4 Å². The van der Waals surface area contributed by atoms with Crippen LogP contribution in [0.15, 0.2) is 42.6 Å². The number of anilines is 2. The van der Waals surface area contributed by atoms with E-state index in [1.807, 2.05) is 6.07 Å². The molecule has 4 heteroatoms. The summed E-state index contributed by atoms with van der Waals surface area (Å²) in [5.41, 5.74) is 1.64. The molecule has 1 N–H and O–H groups in total. The minimum absolute atomic E-state index is 0.251. The maximum atomic E-state index is 12.7. The van der Waals surface area contributed by atoms with E-state index in [-0.39, 0.29) is 5.82 Å². The summed E-state index contributed by atoms with van der Waals surface area (Å²) in [7, 11) is 1.56. The highest BCUT2D eigenvalue weighted by Gasteiger charge is 1.96. The number of methoxy groups -OCH3 is 1. The fourth-order valence-corrected chi connectivity index (χ4v) is 1.27. The van der Waals surface area contributed by atoms with Crippen molar-refractivity contribution in [3.8, 4) is 5.88 Å². The first-order chi connectivity index (χ1) is 7.78. The molecule has 3 nitrogen and oxygen atoms in total. The lowest BCUT2D eigenvalue weighted by Crippen LogP contribution is -1.92. The van der Waals surface area contributed by atoms with Crippen LogP contribution in [0.3, 0.4) is 0 Å². The van der Waals surface area contributed by atoms with Gasteiger partial charge in [0.2, 0.25) is 5.88 Å². The number of rotatable bonds is 3. The molecule has 0 saturated carbocycles. The summed E-state index contributed by atoms with van der Waals surface area (Å²) in [4.78, 5) is 4.05. The van der Waals surface area contributed by atoms with Gasteiger partial charge in [0, 0.05) is 11.8 Å². The molecule has 0 aliphatic heterocycles. The van der Waals surface area contributed by atoms with Gasteiger partial charge in [-0.3, -0.25) is 0 Å². The Labute approximate surface area is 92.9 Å². The molecule has 1 aromatic carbocycles. The average Bonchev–Trinajstić information content (AvgIpc) is 2.33. The molecule has 0 saturated heterocycles. The maximum absolute atomic E-state index is 12.7. The topological polar surface area (TPSA) is 34.1 Å². The average molecular weight is 218 g/mol. The molecule has 1 aromatic heterocycles. The highest BCUT2D eigenvalue weighted by atomic mass is 19.1. The van der Waals surface area contributed by atoms with Crippen molar-refractivity contribution in [3.63, 3.8) is 0 Å². The number of halogens is 1. The largest absolute Gasteiger partial charge is 0.481 e. The molecule has 0 atom stereocenters. The zero-order valence-corrected chi connectivity index (χ0v) is 8.77. The Kier molecular flexibility index (Phi) is 3.00. The Morgan fingerprint density at radius 1 is 1.06 bits per heavy atom. The van der Waals surface area contributed by atoms with Gasteiger partial charge >= 0.3 is 0 Å². The minimum Gasteiger partial charge on any atom is -0.481 e. The summed E-state index contributed by atoms with van der Waals surface area (Å²) >= 11 is 0. The standard InChI is InChI=1S/C12H11FN2O/c1-16-12-7-6-11(8-14-12)15-10-4-2-9(13)3-5-10/h2-8,15H,1H3. The highest BCUT2D eigenvalue weighted by molar-refractivity contribution is 5.58. The first-order valence-corrected chi connectivity index (χ1v) is 4.80. The molecule has 2 rings (SSSR count). The second-order valence-electron chi connectivity index (χ2n) is 3.22. The molecule has 16 heavy (non-hydrogen) atoms. The summed E-state index contributed by atoms with van der Waals surface area (Å²) in [5.74, 6) is 0.308. The predicted molar refractivity (Wildman–Crippen MR) is 60.5 cm³/mol. The van der Waals surface area contributed by atoms with Crippen LogP contribution in [0, 0.1) is 5.82 Å². The third kappa shape index (κ3) is 2.48. The van der Waals surface area contributed by atoms with Crippen LogP contribution in [-0.4, -0.2) is 12.1 Å². The van der Waals surface area contributed by atoms with Crippen LogP contribution in [0.2, 0.25) is 0 Å². The Balaban J connectivity index is 2.11. The van der Waals surface area contributed by atoms with Crippen LogP contribution in [0.25, 0.3) is 0 Å². The fourth-order valence-electron chi connectivity index (χ4n) is 1.27. The lowest BCUT2D eigenvalue weighted by molar-refractivity contribution is 0.398. The van der Waals surface area contributed by atoms with Crippen molar-refractivity contribution in [1.29, 1.82) is 0 Å². The predicted octanol–water partition coefficient (Wildman–Crippen LogP) is 2.97. The van der Waals surface area contributed by atoms with Gasteiger partial charge in [0.15, 0.2) is 0 Å². The first-order valence-electron chi connectivity index (χ1n) is 4.80. The van der Waals surface area contributed by atoms with E-state index < -0.39 is 0 Å². The number of hydrogen-bond donors (Lipinski definition) is 1. The summed E-state index contributed by atoms with van der Waals surface area (Å²) in [6.07, 6.45) is 1.65. The number of nitrogens with zero attached hydrogens (tertiary/aromatic N) is 1. The Morgan fingerprint density at radius 2 is 1.75 bits per heavy atom. The quantitative estimate of drug-likeness (QED) is 0.859. The van der Waals surface area contributed by atoms with E-state index in [2.05, 4.69) is 10.3 Å². The first kappa shape index (κ1) is 10.4. The molecule has 0 amide bonds. The van der Waals surface area contributed by atoms with Gasteiger partial charge in [-0.2, -0.15) is 0 Å². The molecule has 0 bridgehead atoms. The van der Waals surface area contributed by atoms with Gasteiger partial charge in [-0.15, -0.1) is 0 Å². The summed E-state index contributed by atoms with van der Waals surface area (Å²) in [6.45, 7) is 0. The molecule has 0 fully saturated rings. The minimum atomic E-state index is -0.251. The molecule has 0 unspecified atom stereocenters. The van der Waals surface area contributed by atoms with Crippen molar-refractivity contribution in [2.75, 3.05) is 12.4 Å². The number of ether oxygens (including phenoxy) is 1. The van der Waals surface area contributed by atoms with Gasteiger partial charge < -0.3 is 10.1 Å². The zero-order valence-electron chi connectivity index (χ0n) is 8.77. The van der Waals surface area contributed by atoms with E-state index in [0.29, 0.717) is 5.88 Å². The van der Waals surface area contributed by atoms with Crippen molar-refractivity contribution in [2.24, 2.45) is 0 Å². The molecule has 82 valence electrons. The second kappa shape index (κ2) is 4.61. The van der Waals surface area contributed by atoms with Crippen LogP contribution >= 0.6 is 0 Å². The Hall–Kier alpha value is -2.10. The van der Waals surface area contributed by atoms with E-state index in [1.165, 1.54) is 12.1 Å². The highest BCUT2D eigenvalue weighted by Crippen LogP contribution is 2.17. The number of benzene rings is 1. The van der Waals surface area contributed by atoms with Gasteiger partial charge in [0.1, 0.15) is 5.82 Å². The third-order valence-electron chi connectivity index (χ3n) is 2.08. The Bertz CT molecular complexity index is 453. The molecule has 0 aliphatic carbocycles. The molecule has 0 radical (unpaired) electrons. The zero-order chi connectivity index (χ0) is 11.4. The molecule has 0 aliphatic rings. The smallest absolute Gasteiger partial charge is 0.213 e. The van der Waals surface area contributed by atoms with Gasteiger partial charge in [0.05, 0.1) is 19.0 Å². The number of aromatic nitrogens is 1. The van der Waals surface area contributed by atoms with Gasteiger partial charge in [-0.25, -0.2) is 9.37 Å².